The van der Waals surface area contributed by atoms with Crippen LogP contribution in [0.15, 0.2) is 28.7 Å². The van der Waals surface area contributed by atoms with E-state index in [2.05, 4.69) is 27.9 Å². The summed E-state index contributed by atoms with van der Waals surface area (Å²) in [6.07, 6.45) is 1.24. The summed E-state index contributed by atoms with van der Waals surface area (Å²) in [4.78, 5) is 2.37. The molecule has 1 aliphatic heterocycles. The first-order valence-corrected chi connectivity index (χ1v) is 7.25. The van der Waals surface area contributed by atoms with Gasteiger partial charge < -0.3 is 15.4 Å². The molecule has 2 rings (SSSR count). The predicted octanol–water partition coefficient (Wildman–Crippen LogP) is 2.35. The number of ether oxygens (including phenoxy) is 1. The molecule has 2 unspecified atom stereocenters. The van der Waals surface area contributed by atoms with Crippen molar-refractivity contribution < 1.29 is 4.74 Å². The second-order valence-electron chi connectivity index (χ2n) is 5.07. The highest BCUT2D eigenvalue weighted by Crippen LogP contribution is 2.24. The van der Waals surface area contributed by atoms with Crippen LogP contribution < -0.4 is 10.5 Å². The first kappa shape index (κ1) is 13.8. The van der Waals surface area contributed by atoms with E-state index in [1.54, 1.807) is 0 Å². The van der Waals surface area contributed by atoms with Gasteiger partial charge in [-0.05, 0) is 56.7 Å². The van der Waals surface area contributed by atoms with Crippen LogP contribution >= 0.6 is 15.9 Å². The van der Waals surface area contributed by atoms with Crippen LogP contribution in [0.25, 0.3) is 0 Å². The molecule has 3 nitrogen and oxygen atoms in total. The maximum Gasteiger partial charge on any atom is 0.119 e. The molecule has 1 saturated heterocycles. The Morgan fingerprint density at radius 3 is 2.72 bits per heavy atom. The van der Waals surface area contributed by atoms with Crippen molar-refractivity contribution in [2.75, 3.05) is 33.3 Å². The van der Waals surface area contributed by atoms with Gasteiger partial charge in [0.2, 0.25) is 0 Å². The van der Waals surface area contributed by atoms with E-state index < -0.39 is 0 Å². The van der Waals surface area contributed by atoms with Gasteiger partial charge in [0.05, 0.1) is 6.61 Å². The van der Waals surface area contributed by atoms with Crippen molar-refractivity contribution in [1.29, 1.82) is 0 Å². The first-order chi connectivity index (χ1) is 8.69. The summed E-state index contributed by atoms with van der Waals surface area (Å²) in [5.74, 6) is 2.05. The van der Waals surface area contributed by atoms with E-state index in [0.29, 0.717) is 18.4 Å². The van der Waals surface area contributed by atoms with E-state index in [1.807, 2.05) is 24.3 Å². The van der Waals surface area contributed by atoms with Gasteiger partial charge in [-0.25, -0.2) is 0 Å². The lowest BCUT2D eigenvalue weighted by molar-refractivity contribution is 0.199. The minimum Gasteiger partial charge on any atom is -0.493 e. The van der Waals surface area contributed by atoms with E-state index in [-0.39, 0.29) is 0 Å². The number of benzene rings is 1. The molecule has 1 aromatic rings. The summed E-state index contributed by atoms with van der Waals surface area (Å²) in [6.45, 7) is 3.75. The van der Waals surface area contributed by atoms with Crippen LogP contribution in [0.3, 0.4) is 0 Å². The molecule has 1 aromatic carbocycles. The summed E-state index contributed by atoms with van der Waals surface area (Å²) < 4.78 is 6.91. The number of hydrogen-bond donors (Lipinski definition) is 1. The molecule has 0 aromatic heterocycles. The number of nitrogens with zero attached hydrogens (tertiary/aromatic N) is 1. The van der Waals surface area contributed by atoms with E-state index in [4.69, 9.17) is 10.5 Å². The van der Waals surface area contributed by atoms with Crippen molar-refractivity contribution in [2.45, 2.75) is 6.42 Å². The molecule has 0 bridgehead atoms. The van der Waals surface area contributed by atoms with Gasteiger partial charge in [0.15, 0.2) is 0 Å². The minimum absolute atomic E-state index is 0.457. The normalized spacial score (nSPS) is 22.1. The quantitative estimate of drug-likeness (QED) is 0.907. The number of hydrogen-bond acceptors (Lipinski definition) is 3. The second-order valence-corrected chi connectivity index (χ2v) is 5.99. The molecule has 1 heterocycles. The Balaban J connectivity index is 1.85. The molecule has 0 saturated carbocycles. The Labute approximate surface area is 117 Å². The molecule has 0 aliphatic carbocycles. The average molecular weight is 313 g/mol. The van der Waals surface area contributed by atoms with Gasteiger partial charge in [-0.1, -0.05) is 15.9 Å². The van der Waals surface area contributed by atoms with E-state index in [0.717, 1.165) is 23.4 Å². The van der Waals surface area contributed by atoms with Crippen LogP contribution in [0.2, 0.25) is 0 Å². The molecule has 2 N–H and O–H groups in total. The predicted molar refractivity (Wildman–Crippen MR) is 77.8 cm³/mol. The average Bonchev–Trinajstić information content (AvgIpc) is 2.79. The van der Waals surface area contributed by atoms with Crippen molar-refractivity contribution >= 4 is 15.9 Å². The van der Waals surface area contributed by atoms with Gasteiger partial charge in [0.1, 0.15) is 5.75 Å². The van der Waals surface area contributed by atoms with Crippen LogP contribution in [0, 0.1) is 11.8 Å². The van der Waals surface area contributed by atoms with Gasteiger partial charge in [0, 0.05) is 16.9 Å². The van der Waals surface area contributed by atoms with Crippen LogP contribution in [-0.4, -0.2) is 38.2 Å². The summed E-state index contributed by atoms with van der Waals surface area (Å²) in [5.41, 5.74) is 5.88. The van der Waals surface area contributed by atoms with E-state index in [9.17, 15) is 0 Å². The van der Waals surface area contributed by atoms with Crippen LogP contribution in [0.5, 0.6) is 5.75 Å². The van der Waals surface area contributed by atoms with Gasteiger partial charge in [-0.15, -0.1) is 0 Å². The van der Waals surface area contributed by atoms with Crippen LogP contribution in [-0.2, 0) is 0 Å². The smallest absolute Gasteiger partial charge is 0.119 e. The summed E-state index contributed by atoms with van der Waals surface area (Å²) in [6, 6.07) is 7.96. The van der Waals surface area contributed by atoms with Crippen molar-refractivity contribution in [1.82, 2.24) is 4.90 Å². The molecule has 0 radical (unpaired) electrons. The van der Waals surface area contributed by atoms with Crippen molar-refractivity contribution in [3.8, 4) is 5.75 Å². The highest BCUT2D eigenvalue weighted by molar-refractivity contribution is 9.10. The number of rotatable bonds is 5. The molecular weight excluding hydrogens is 292 g/mol. The van der Waals surface area contributed by atoms with Crippen molar-refractivity contribution in [3.63, 3.8) is 0 Å². The first-order valence-electron chi connectivity index (χ1n) is 6.46. The fourth-order valence-corrected chi connectivity index (χ4v) is 2.75. The number of likely N-dealkylation sites (tertiary alicyclic amines) is 1. The molecule has 1 fully saturated rings. The lowest BCUT2D eigenvalue weighted by atomic mass is 9.92. The molecule has 4 heteroatoms. The van der Waals surface area contributed by atoms with E-state index in [1.165, 1.54) is 13.0 Å². The van der Waals surface area contributed by atoms with E-state index >= 15 is 0 Å². The van der Waals surface area contributed by atoms with Crippen molar-refractivity contribution in [3.05, 3.63) is 28.7 Å². The topological polar surface area (TPSA) is 38.5 Å². The van der Waals surface area contributed by atoms with Gasteiger partial charge in [0.25, 0.3) is 0 Å². The Bertz CT molecular complexity index is 369. The molecule has 2 atom stereocenters. The standard InChI is InChI=1S/C14H21BrN2O/c1-17-7-6-11(9-17)12(8-16)10-18-14-4-2-13(15)3-5-14/h2-5,11-12H,6-10,16H2,1H3. The molecule has 0 amide bonds. The number of nitrogens with two attached hydrogens (primary N) is 1. The lowest BCUT2D eigenvalue weighted by Crippen LogP contribution is -2.30. The maximum atomic E-state index is 5.88. The zero-order chi connectivity index (χ0) is 13.0. The molecule has 0 spiro atoms. The minimum atomic E-state index is 0.457. The fraction of sp³-hybridized carbons (Fsp3) is 0.571. The van der Waals surface area contributed by atoms with Crippen LogP contribution in [0.1, 0.15) is 6.42 Å². The fourth-order valence-electron chi connectivity index (χ4n) is 2.48. The third-order valence-corrected chi connectivity index (χ3v) is 4.20. The third-order valence-electron chi connectivity index (χ3n) is 3.67. The lowest BCUT2D eigenvalue weighted by Gasteiger charge is -2.22. The van der Waals surface area contributed by atoms with Gasteiger partial charge in [-0.2, -0.15) is 0 Å². The third kappa shape index (κ3) is 3.70. The Morgan fingerprint density at radius 2 is 2.17 bits per heavy atom. The molecule has 18 heavy (non-hydrogen) atoms. The zero-order valence-electron chi connectivity index (χ0n) is 10.8. The summed E-state index contributed by atoms with van der Waals surface area (Å²) >= 11 is 3.42. The Hall–Kier alpha value is -0.580. The monoisotopic (exact) mass is 312 g/mol. The molecule has 1 aliphatic rings. The zero-order valence-corrected chi connectivity index (χ0v) is 12.4. The maximum absolute atomic E-state index is 5.88. The van der Waals surface area contributed by atoms with Gasteiger partial charge >= 0.3 is 0 Å². The highest BCUT2D eigenvalue weighted by atomic mass is 79.9. The highest BCUT2D eigenvalue weighted by Gasteiger charge is 2.27. The summed E-state index contributed by atoms with van der Waals surface area (Å²) in [7, 11) is 2.17. The largest absolute Gasteiger partial charge is 0.493 e. The Morgan fingerprint density at radius 1 is 1.44 bits per heavy atom. The molecule has 100 valence electrons. The number of halogens is 1. The SMILES string of the molecule is CN1CCC(C(CN)COc2ccc(Br)cc2)C1. The Kier molecular flexibility index (Phi) is 5.03. The van der Waals surface area contributed by atoms with Crippen LogP contribution in [0.4, 0.5) is 0 Å². The molecular formula is C14H21BrN2O. The second kappa shape index (κ2) is 6.55. The van der Waals surface area contributed by atoms with Crippen molar-refractivity contribution in [2.24, 2.45) is 17.6 Å². The van der Waals surface area contributed by atoms with Gasteiger partial charge in [-0.3, -0.25) is 0 Å². The summed E-state index contributed by atoms with van der Waals surface area (Å²) in [5, 5.41) is 0.